The number of esters is 2. The molecule has 1 amide bonds. The van der Waals surface area contributed by atoms with E-state index in [0.717, 1.165) is 0 Å². The van der Waals surface area contributed by atoms with Gasteiger partial charge in [-0.05, 0) is 50.5 Å². The zero-order valence-corrected chi connectivity index (χ0v) is 16.1. The molecule has 0 unspecified atom stereocenters. The number of sulfone groups is 1. The van der Waals surface area contributed by atoms with Gasteiger partial charge in [0.05, 0.1) is 23.2 Å². The number of rotatable bonds is 7. The quantitative estimate of drug-likeness (QED) is 0.694. The Kier molecular flexibility index (Phi) is 6.95. The molecular formula is C18H23NO7S. The molecule has 1 heterocycles. The molecule has 27 heavy (non-hydrogen) atoms. The van der Waals surface area contributed by atoms with Crippen LogP contribution in [0.4, 0.5) is 5.69 Å². The number of hydrogen-bond acceptors (Lipinski definition) is 7. The van der Waals surface area contributed by atoms with E-state index in [0.29, 0.717) is 17.7 Å². The summed E-state index contributed by atoms with van der Waals surface area (Å²) in [5.41, 5.74) is 0.804. The van der Waals surface area contributed by atoms with Crippen molar-refractivity contribution in [2.45, 2.75) is 32.8 Å². The molecule has 1 aliphatic rings. The van der Waals surface area contributed by atoms with Crippen molar-refractivity contribution < 1.29 is 32.3 Å². The van der Waals surface area contributed by atoms with E-state index in [2.05, 4.69) is 5.32 Å². The van der Waals surface area contributed by atoms with Gasteiger partial charge in [-0.1, -0.05) is 0 Å². The van der Waals surface area contributed by atoms with Gasteiger partial charge < -0.3 is 14.8 Å². The zero-order valence-electron chi connectivity index (χ0n) is 15.3. The highest BCUT2D eigenvalue weighted by Gasteiger charge is 2.30. The maximum atomic E-state index is 11.8. The Morgan fingerprint density at radius 1 is 1.19 bits per heavy atom. The summed E-state index contributed by atoms with van der Waals surface area (Å²) in [6.45, 7) is 3.04. The average Bonchev–Trinajstić information content (AvgIpc) is 2.91. The maximum Gasteiger partial charge on any atom is 0.338 e. The molecule has 148 valence electrons. The van der Waals surface area contributed by atoms with Gasteiger partial charge in [0.15, 0.2) is 16.4 Å². The lowest BCUT2D eigenvalue weighted by molar-refractivity contribution is -0.148. The third kappa shape index (κ3) is 7.01. The van der Waals surface area contributed by atoms with Crippen molar-refractivity contribution in [3.8, 4) is 0 Å². The van der Waals surface area contributed by atoms with Crippen LogP contribution in [0.3, 0.4) is 0 Å². The Morgan fingerprint density at radius 2 is 1.85 bits per heavy atom. The van der Waals surface area contributed by atoms with E-state index >= 15 is 0 Å². The molecule has 0 spiro atoms. The van der Waals surface area contributed by atoms with E-state index < -0.39 is 34.3 Å². The minimum atomic E-state index is -3.05. The average molecular weight is 397 g/mol. The molecule has 0 bridgehead atoms. The second-order valence-electron chi connectivity index (χ2n) is 6.71. The molecule has 0 radical (unpaired) electrons. The van der Waals surface area contributed by atoms with Crippen LogP contribution in [-0.4, -0.2) is 50.5 Å². The van der Waals surface area contributed by atoms with Gasteiger partial charge in [-0.3, -0.25) is 9.59 Å². The largest absolute Gasteiger partial charge is 0.459 e. The monoisotopic (exact) mass is 397 g/mol. The summed E-state index contributed by atoms with van der Waals surface area (Å²) in [6, 6.07) is 6.12. The van der Waals surface area contributed by atoms with E-state index in [1.165, 1.54) is 12.1 Å². The predicted molar refractivity (Wildman–Crippen MR) is 98.0 cm³/mol. The number of carbonyl (C=O) groups is 3. The van der Waals surface area contributed by atoms with Gasteiger partial charge >= 0.3 is 11.9 Å². The number of carbonyl (C=O) groups excluding carboxylic acids is 3. The highest BCUT2D eigenvalue weighted by atomic mass is 32.2. The van der Waals surface area contributed by atoms with E-state index in [9.17, 15) is 22.8 Å². The van der Waals surface area contributed by atoms with Crippen molar-refractivity contribution in [2.24, 2.45) is 5.92 Å². The van der Waals surface area contributed by atoms with Crippen LogP contribution in [0.25, 0.3) is 0 Å². The van der Waals surface area contributed by atoms with E-state index in [4.69, 9.17) is 9.47 Å². The molecule has 2 rings (SSSR count). The molecule has 1 aromatic rings. The first kappa shape index (κ1) is 20.9. The van der Waals surface area contributed by atoms with Crippen LogP contribution in [-0.2, 0) is 28.9 Å². The third-order valence-electron chi connectivity index (χ3n) is 3.89. The first-order valence-electron chi connectivity index (χ1n) is 8.61. The Balaban J connectivity index is 1.75. The zero-order chi connectivity index (χ0) is 20.0. The Labute approximate surface area is 158 Å². The summed E-state index contributed by atoms with van der Waals surface area (Å²) in [6.07, 6.45) is 0.199. The fourth-order valence-electron chi connectivity index (χ4n) is 2.64. The van der Waals surface area contributed by atoms with Gasteiger partial charge in [0.2, 0.25) is 0 Å². The van der Waals surface area contributed by atoms with Crippen molar-refractivity contribution in [1.29, 1.82) is 0 Å². The number of amides is 1. The van der Waals surface area contributed by atoms with Gasteiger partial charge in [-0.25, -0.2) is 13.2 Å². The summed E-state index contributed by atoms with van der Waals surface area (Å²) in [7, 11) is -3.05. The normalized spacial score (nSPS) is 18.1. The van der Waals surface area contributed by atoms with Crippen LogP contribution < -0.4 is 5.32 Å². The Morgan fingerprint density at radius 3 is 2.41 bits per heavy atom. The number of anilines is 1. The molecule has 9 heteroatoms. The summed E-state index contributed by atoms with van der Waals surface area (Å²) in [4.78, 5) is 35.3. The highest BCUT2D eigenvalue weighted by Crippen LogP contribution is 2.21. The molecule has 8 nitrogen and oxygen atoms in total. The van der Waals surface area contributed by atoms with Crippen LogP contribution in [0.2, 0.25) is 0 Å². The minimum Gasteiger partial charge on any atom is -0.459 e. The van der Waals surface area contributed by atoms with Crippen molar-refractivity contribution in [3.05, 3.63) is 29.8 Å². The van der Waals surface area contributed by atoms with Gasteiger partial charge in [0.25, 0.3) is 5.91 Å². The lowest BCUT2D eigenvalue weighted by Crippen LogP contribution is -2.22. The van der Waals surface area contributed by atoms with Crippen LogP contribution >= 0.6 is 0 Å². The van der Waals surface area contributed by atoms with Crippen LogP contribution in [0.5, 0.6) is 0 Å². The number of benzene rings is 1. The molecule has 0 aliphatic carbocycles. The molecule has 1 N–H and O–H groups in total. The van der Waals surface area contributed by atoms with Crippen LogP contribution in [0, 0.1) is 5.92 Å². The lowest BCUT2D eigenvalue weighted by atomic mass is 10.1. The second kappa shape index (κ2) is 8.98. The molecule has 0 saturated carbocycles. The summed E-state index contributed by atoms with van der Waals surface area (Å²) in [5.74, 6) is -1.75. The van der Waals surface area contributed by atoms with Crippen LogP contribution in [0.1, 0.15) is 37.0 Å². The molecule has 1 fully saturated rings. The Hall–Kier alpha value is -2.42. The van der Waals surface area contributed by atoms with Gasteiger partial charge in [0.1, 0.15) is 0 Å². The molecule has 1 atom stereocenters. The maximum absolute atomic E-state index is 11.8. The van der Waals surface area contributed by atoms with E-state index in [1.807, 2.05) is 0 Å². The minimum absolute atomic E-state index is 0.0140. The highest BCUT2D eigenvalue weighted by molar-refractivity contribution is 7.91. The third-order valence-corrected chi connectivity index (χ3v) is 5.73. The Bertz CT molecular complexity index is 800. The summed E-state index contributed by atoms with van der Waals surface area (Å²) >= 11 is 0. The lowest BCUT2D eigenvalue weighted by Gasteiger charge is -2.10. The molecule has 1 aromatic carbocycles. The smallest absolute Gasteiger partial charge is 0.338 e. The second-order valence-corrected chi connectivity index (χ2v) is 8.94. The molecule has 1 aliphatic heterocycles. The SMILES string of the molecule is CC(C)OC(=O)c1ccc(NC(=O)COC(=O)C[C@@H]2CCS(=O)(=O)C2)cc1. The topological polar surface area (TPSA) is 116 Å². The standard InChI is InChI=1S/C18H23NO7S/c1-12(2)26-18(22)14-3-5-15(6-4-14)19-16(20)10-25-17(21)9-13-7-8-27(23,24)11-13/h3-6,12-13H,7-11H2,1-2H3,(H,19,20)/t13-/m0/s1. The summed E-state index contributed by atoms with van der Waals surface area (Å²) < 4.78 is 32.7. The van der Waals surface area contributed by atoms with Gasteiger partial charge in [-0.15, -0.1) is 0 Å². The van der Waals surface area contributed by atoms with Crippen LogP contribution in [0.15, 0.2) is 24.3 Å². The van der Waals surface area contributed by atoms with E-state index in [1.54, 1.807) is 26.0 Å². The number of ether oxygens (including phenoxy) is 2. The predicted octanol–water partition coefficient (Wildman–Crippen LogP) is 1.56. The molecular weight excluding hydrogens is 374 g/mol. The number of hydrogen-bond donors (Lipinski definition) is 1. The first-order valence-corrected chi connectivity index (χ1v) is 10.4. The number of nitrogens with one attached hydrogen (secondary N) is 1. The van der Waals surface area contributed by atoms with Crippen molar-refractivity contribution in [1.82, 2.24) is 0 Å². The van der Waals surface area contributed by atoms with Gasteiger partial charge in [0, 0.05) is 12.1 Å². The fourth-order valence-corrected chi connectivity index (χ4v) is 4.50. The van der Waals surface area contributed by atoms with Crippen molar-refractivity contribution in [3.63, 3.8) is 0 Å². The van der Waals surface area contributed by atoms with Gasteiger partial charge in [-0.2, -0.15) is 0 Å². The van der Waals surface area contributed by atoms with Crippen molar-refractivity contribution in [2.75, 3.05) is 23.4 Å². The fraction of sp³-hybridized carbons (Fsp3) is 0.500. The van der Waals surface area contributed by atoms with Crippen molar-refractivity contribution >= 4 is 33.4 Å². The summed E-state index contributed by atoms with van der Waals surface area (Å²) in [5, 5.41) is 2.55. The molecule has 0 aromatic heterocycles. The first-order chi connectivity index (χ1) is 12.6. The van der Waals surface area contributed by atoms with E-state index in [-0.39, 0.29) is 29.9 Å². The molecule has 1 saturated heterocycles.